The molecular weight excluding hydrogens is 300 g/mol. The van der Waals surface area contributed by atoms with Crippen molar-refractivity contribution in [2.24, 2.45) is 0 Å². The Balaban J connectivity index is 1.46. The van der Waals surface area contributed by atoms with Gasteiger partial charge in [0.15, 0.2) is 0 Å². The van der Waals surface area contributed by atoms with E-state index in [9.17, 15) is 0 Å². The van der Waals surface area contributed by atoms with Crippen molar-refractivity contribution < 1.29 is 0 Å². The first-order valence-electron chi connectivity index (χ1n) is 7.67. The van der Waals surface area contributed by atoms with Gasteiger partial charge in [0, 0.05) is 43.7 Å². The van der Waals surface area contributed by atoms with Crippen LogP contribution in [0.5, 0.6) is 0 Å². The minimum absolute atomic E-state index is 0.780. The van der Waals surface area contributed by atoms with E-state index in [1.807, 2.05) is 0 Å². The number of rotatable bonds is 2. The molecule has 2 aromatic heterocycles. The highest BCUT2D eigenvalue weighted by atomic mass is 32.2. The molecule has 4 rings (SSSR count). The summed E-state index contributed by atoms with van der Waals surface area (Å²) in [5.41, 5.74) is 0. The first-order chi connectivity index (χ1) is 10.4. The summed E-state index contributed by atoms with van der Waals surface area (Å²) in [6.45, 7) is 4.79. The van der Waals surface area contributed by atoms with Crippen molar-refractivity contribution in [3.63, 3.8) is 0 Å². The van der Waals surface area contributed by atoms with Crippen LogP contribution in [0.15, 0.2) is 17.8 Å². The van der Waals surface area contributed by atoms with Crippen LogP contribution < -0.4 is 4.90 Å². The predicted octanol–water partition coefficient (Wildman–Crippen LogP) is 2.71. The van der Waals surface area contributed by atoms with Crippen LogP contribution in [0.25, 0.3) is 10.2 Å². The molecule has 4 nitrogen and oxygen atoms in total. The number of aromatic nitrogens is 2. The number of piperidine rings is 1. The quantitative estimate of drug-likeness (QED) is 0.849. The Kier molecular flexibility index (Phi) is 4.01. The van der Waals surface area contributed by atoms with Crippen LogP contribution in [-0.4, -0.2) is 58.6 Å². The van der Waals surface area contributed by atoms with E-state index in [0.29, 0.717) is 0 Å². The fourth-order valence-corrected chi connectivity index (χ4v) is 5.07. The summed E-state index contributed by atoms with van der Waals surface area (Å²) < 4.78 is 0. The van der Waals surface area contributed by atoms with E-state index >= 15 is 0 Å². The molecule has 0 spiro atoms. The molecule has 0 bridgehead atoms. The average molecular weight is 320 g/mol. The first-order valence-corrected chi connectivity index (χ1v) is 9.70. The van der Waals surface area contributed by atoms with Crippen molar-refractivity contribution in [3.8, 4) is 0 Å². The highest BCUT2D eigenvalue weighted by Crippen LogP contribution is 2.29. The molecule has 0 radical (unpaired) electrons. The van der Waals surface area contributed by atoms with Gasteiger partial charge in [0.25, 0.3) is 0 Å². The van der Waals surface area contributed by atoms with Gasteiger partial charge in [0.2, 0.25) is 0 Å². The number of anilines is 1. The summed E-state index contributed by atoms with van der Waals surface area (Å²) in [6.07, 6.45) is 4.24. The Hall–Kier alpha value is -0.850. The second-order valence-electron chi connectivity index (χ2n) is 5.70. The van der Waals surface area contributed by atoms with Crippen molar-refractivity contribution in [1.29, 1.82) is 0 Å². The van der Waals surface area contributed by atoms with Crippen LogP contribution in [0.1, 0.15) is 12.8 Å². The largest absolute Gasteiger partial charge is 0.356 e. The third-order valence-corrected chi connectivity index (χ3v) is 6.33. The minimum Gasteiger partial charge on any atom is -0.356 e. The Labute approximate surface area is 133 Å². The molecule has 0 unspecified atom stereocenters. The van der Waals surface area contributed by atoms with E-state index in [4.69, 9.17) is 0 Å². The van der Waals surface area contributed by atoms with E-state index in [2.05, 4.69) is 43.0 Å². The normalized spacial score (nSPS) is 22.0. The van der Waals surface area contributed by atoms with E-state index in [1.54, 1.807) is 17.7 Å². The molecule has 4 heterocycles. The molecule has 21 heavy (non-hydrogen) atoms. The molecule has 6 heteroatoms. The van der Waals surface area contributed by atoms with Crippen molar-refractivity contribution in [1.82, 2.24) is 14.9 Å². The first kappa shape index (κ1) is 13.8. The molecule has 0 aliphatic carbocycles. The van der Waals surface area contributed by atoms with Gasteiger partial charge >= 0.3 is 0 Å². The number of thiophene rings is 1. The summed E-state index contributed by atoms with van der Waals surface area (Å²) in [7, 11) is 0. The van der Waals surface area contributed by atoms with Crippen LogP contribution in [-0.2, 0) is 0 Å². The Morgan fingerprint density at radius 3 is 2.67 bits per heavy atom. The maximum absolute atomic E-state index is 4.54. The molecule has 112 valence electrons. The zero-order valence-corrected chi connectivity index (χ0v) is 13.7. The summed E-state index contributed by atoms with van der Waals surface area (Å²) in [6, 6.07) is 2.94. The lowest BCUT2D eigenvalue weighted by Crippen LogP contribution is -2.48. The molecule has 0 N–H and O–H groups in total. The fraction of sp³-hybridized carbons (Fsp3) is 0.600. The topological polar surface area (TPSA) is 32.3 Å². The van der Waals surface area contributed by atoms with Crippen molar-refractivity contribution >= 4 is 39.1 Å². The summed E-state index contributed by atoms with van der Waals surface area (Å²) in [5, 5.41) is 3.33. The van der Waals surface area contributed by atoms with Gasteiger partial charge in [-0.05, 0) is 24.3 Å². The number of fused-ring (bicyclic) bond motifs is 1. The second kappa shape index (κ2) is 6.10. The van der Waals surface area contributed by atoms with Gasteiger partial charge < -0.3 is 4.90 Å². The van der Waals surface area contributed by atoms with Gasteiger partial charge in [-0.1, -0.05) is 0 Å². The van der Waals surface area contributed by atoms with Crippen LogP contribution in [0.3, 0.4) is 0 Å². The number of hydrogen-bond acceptors (Lipinski definition) is 6. The van der Waals surface area contributed by atoms with E-state index < -0.39 is 0 Å². The van der Waals surface area contributed by atoms with Gasteiger partial charge in [-0.15, -0.1) is 11.3 Å². The molecule has 2 aromatic rings. The average Bonchev–Trinajstić information content (AvgIpc) is 3.04. The lowest BCUT2D eigenvalue weighted by atomic mass is 10.0. The van der Waals surface area contributed by atoms with Gasteiger partial charge in [-0.3, -0.25) is 4.90 Å². The Bertz CT molecular complexity index is 600. The summed E-state index contributed by atoms with van der Waals surface area (Å²) in [4.78, 5) is 15.2. The number of thioether (sulfide) groups is 1. The zero-order valence-electron chi connectivity index (χ0n) is 12.1. The molecule has 0 aromatic carbocycles. The van der Waals surface area contributed by atoms with Crippen molar-refractivity contribution in [2.75, 3.05) is 42.6 Å². The smallest absolute Gasteiger partial charge is 0.140 e. The SMILES string of the molecule is c1nc(N2CCC(N3CCSCC3)CC2)c2ccsc2n1. The maximum atomic E-state index is 4.54. The molecule has 2 fully saturated rings. The third kappa shape index (κ3) is 2.76. The fourth-order valence-electron chi connectivity index (χ4n) is 3.41. The van der Waals surface area contributed by atoms with Crippen LogP contribution >= 0.6 is 23.1 Å². The van der Waals surface area contributed by atoms with Gasteiger partial charge in [0.1, 0.15) is 17.0 Å². The lowest BCUT2D eigenvalue weighted by Gasteiger charge is -2.40. The molecule has 2 saturated heterocycles. The molecule has 0 amide bonds. The maximum Gasteiger partial charge on any atom is 0.140 e. The molecule has 0 atom stereocenters. The van der Waals surface area contributed by atoms with Crippen molar-refractivity contribution in [2.45, 2.75) is 18.9 Å². The number of nitrogens with zero attached hydrogens (tertiary/aromatic N) is 4. The highest BCUT2D eigenvalue weighted by molar-refractivity contribution is 7.99. The van der Waals surface area contributed by atoms with E-state index in [0.717, 1.165) is 29.8 Å². The molecule has 2 aliphatic rings. The number of hydrogen-bond donors (Lipinski definition) is 0. The second-order valence-corrected chi connectivity index (χ2v) is 7.82. The van der Waals surface area contributed by atoms with Crippen LogP contribution in [0.4, 0.5) is 5.82 Å². The zero-order chi connectivity index (χ0) is 14.1. The third-order valence-electron chi connectivity index (χ3n) is 4.57. The highest BCUT2D eigenvalue weighted by Gasteiger charge is 2.26. The summed E-state index contributed by atoms with van der Waals surface area (Å²) in [5.74, 6) is 3.75. The van der Waals surface area contributed by atoms with Gasteiger partial charge in [-0.2, -0.15) is 11.8 Å². The van der Waals surface area contributed by atoms with Crippen molar-refractivity contribution in [3.05, 3.63) is 17.8 Å². The van der Waals surface area contributed by atoms with E-state index in [1.165, 1.54) is 42.8 Å². The Morgan fingerprint density at radius 2 is 1.86 bits per heavy atom. The van der Waals surface area contributed by atoms with Crippen LogP contribution in [0.2, 0.25) is 0 Å². The van der Waals surface area contributed by atoms with Gasteiger partial charge in [0.05, 0.1) is 5.39 Å². The predicted molar refractivity (Wildman–Crippen MR) is 91.5 cm³/mol. The van der Waals surface area contributed by atoms with E-state index in [-0.39, 0.29) is 0 Å². The monoisotopic (exact) mass is 320 g/mol. The van der Waals surface area contributed by atoms with Gasteiger partial charge in [-0.25, -0.2) is 9.97 Å². The molecule has 0 saturated carbocycles. The summed E-state index contributed by atoms with van der Waals surface area (Å²) >= 11 is 3.80. The van der Waals surface area contributed by atoms with Crippen LogP contribution in [0, 0.1) is 0 Å². The molecule has 2 aliphatic heterocycles. The lowest BCUT2D eigenvalue weighted by molar-refractivity contribution is 0.185. The molecular formula is C15H20N4S2. The Morgan fingerprint density at radius 1 is 1.05 bits per heavy atom. The minimum atomic E-state index is 0.780. The standard InChI is InChI=1S/C15H20N4S2/c1-4-19(5-2-12(1)18-6-9-20-10-7-18)14-13-3-8-21-15(13)17-11-16-14/h3,8,11-12H,1-2,4-7,9-10H2.